The van der Waals surface area contributed by atoms with E-state index in [4.69, 9.17) is 10.5 Å². The number of carbonyl (C=O) groups is 4. The third-order valence-electron chi connectivity index (χ3n) is 5.73. The highest BCUT2D eigenvalue weighted by Gasteiger charge is 2.44. The zero-order valence-corrected chi connectivity index (χ0v) is 22.9. The van der Waals surface area contributed by atoms with Gasteiger partial charge in [-0.2, -0.15) is 0 Å². The number of hydrogen-bond donors (Lipinski definition) is 3. The van der Waals surface area contributed by atoms with Crippen molar-refractivity contribution in [3.05, 3.63) is 34.9 Å². The van der Waals surface area contributed by atoms with Crippen LogP contribution in [0.3, 0.4) is 0 Å². The van der Waals surface area contributed by atoms with Crippen molar-refractivity contribution in [2.24, 2.45) is 5.73 Å². The van der Waals surface area contributed by atoms with E-state index in [2.05, 4.69) is 10.6 Å². The predicted molar refractivity (Wildman–Crippen MR) is 138 cm³/mol. The summed E-state index contributed by atoms with van der Waals surface area (Å²) in [6, 6.07) is 3.57. The molecule has 2 unspecified atom stereocenters. The van der Waals surface area contributed by atoms with Crippen molar-refractivity contribution in [2.45, 2.75) is 110 Å². The monoisotopic (exact) mass is 502 g/mol. The van der Waals surface area contributed by atoms with Crippen molar-refractivity contribution in [2.75, 3.05) is 0 Å². The van der Waals surface area contributed by atoms with Crippen molar-refractivity contribution in [3.63, 3.8) is 0 Å². The largest absolute Gasteiger partial charge is 0.444 e. The molecule has 36 heavy (non-hydrogen) atoms. The summed E-state index contributed by atoms with van der Waals surface area (Å²) in [6.07, 6.45) is 0.600. The molecule has 1 aliphatic carbocycles. The summed E-state index contributed by atoms with van der Waals surface area (Å²) in [7, 11) is 0. The van der Waals surface area contributed by atoms with Gasteiger partial charge in [-0.15, -0.1) is 0 Å². The molecule has 1 fully saturated rings. The van der Waals surface area contributed by atoms with E-state index in [-0.39, 0.29) is 24.8 Å². The van der Waals surface area contributed by atoms with Crippen LogP contribution in [0.25, 0.3) is 0 Å². The van der Waals surface area contributed by atoms with Crippen LogP contribution in [0, 0.1) is 13.8 Å². The molecule has 9 nitrogen and oxygen atoms in total. The maximum atomic E-state index is 14.0. The highest BCUT2D eigenvalue weighted by atomic mass is 16.6. The van der Waals surface area contributed by atoms with Crippen LogP contribution >= 0.6 is 0 Å². The molecular formula is C27H42N4O5. The number of carbonyl (C=O) groups excluding carboxylic acids is 4. The van der Waals surface area contributed by atoms with E-state index in [1.165, 1.54) is 0 Å². The van der Waals surface area contributed by atoms with Gasteiger partial charge < -0.3 is 26.0 Å². The zero-order valence-electron chi connectivity index (χ0n) is 22.9. The molecule has 1 aromatic carbocycles. The van der Waals surface area contributed by atoms with E-state index >= 15 is 0 Å². The Morgan fingerprint density at radius 1 is 1.06 bits per heavy atom. The number of nitrogens with zero attached hydrogens (tertiary/aromatic N) is 1. The fourth-order valence-electron chi connectivity index (χ4n) is 3.86. The summed E-state index contributed by atoms with van der Waals surface area (Å²) < 4.78 is 5.35. The Morgan fingerprint density at radius 3 is 2.14 bits per heavy atom. The summed E-state index contributed by atoms with van der Waals surface area (Å²) in [5.41, 5.74) is 6.82. The van der Waals surface area contributed by atoms with Crippen molar-refractivity contribution in [1.82, 2.24) is 15.5 Å². The van der Waals surface area contributed by atoms with Gasteiger partial charge in [0.05, 0.1) is 0 Å². The summed E-state index contributed by atoms with van der Waals surface area (Å²) >= 11 is 0. The van der Waals surface area contributed by atoms with Crippen LogP contribution < -0.4 is 16.4 Å². The van der Waals surface area contributed by atoms with Gasteiger partial charge in [-0.3, -0.25) is 14.4 Å². The normalized spacial score (nSPS) is 15.4. The van der Waals surface area contributed by atoms with Crippen LogP contribution in [0.2, 0.25) is 0 Å². The topological polar surface area (TPSA) is 131 Å². The molecule has 0 aliphatic heterocycles. The Balaban J connectivity index is 2.50. The van der Waals surface area contributed by atoms with Gasteiger partial charge in [-0.25, -0.2) is 4.79 Å². The Morgan fingerprint density at radius 2 is 1.67 bits per heavy atom. The summed E-state index contributed by atoms with van der Waals surface area (Å²) in [5.74, 6) is -1.35. The summed E-state index contributed by atoms with van der Waals surface area (Å²) in [5, 5.41) is 5.63. The highest BCUT2D eigenvalue weighted by molar-refractivity contribution is 5.93. The van der Waals surface area contributed by atoms with E-state index in [1.54, 1.807) is 25.7 Å². The number of amides is 4. The number of rotatable bonds is 9. The van der Waals surface area contributed by atoms with Crippen LogP contribution in [0.4, 0.5) is 4.79 Å². The van der Waals surface area contributed by atoms with Crippen molar-refractivity contribution in [1.29, 1.82) is 0 Å². The number of primary amides is 1. The van der Waals surface area contributed by atoms with E-state index in [1.807, 2.05) is 52.8 Å². The lowest BCUT2D eigenvalue weighted by Gasteiger charge is -2.36. The molecule has 200 valence electrons. The van der Waals surface area contributed by atoms with E-state index < -0.39 is 41.1 Å². The first-order chi connectivity index (χ1) is 16.5. The number of ether oxygens (including phenoxy) is 1. The van der Waals surface area contributed by atoms with E-state index in [0.29, 0.717) is 5.56 Å². The maximum absolute atomic E-state index is 14.0. The summed E-state index contributed by atoms with van der Waals surface area (Å²) in [6.45, 7) is 14.7. The second kappa shape index (κ2) is 11.3. The average molecular weight is 503 g/mol. The molecule has 0 spiro atoms. The average Bonchev–Trinajstić information content (AvgIpc) is 3.53. The fraction of sp³-hybridized carbons (Fsp3) is 0.630. The Bertz CT molecular complexity index is 989. The number of hydrogen-bond acceptors (Lipinski definition) is 5. The zero-order chi connectivity index (χ0) is 27.4. The van der Waals surface area contributed by atoms with E-state index in [0.717, 1.165) is 24.0 Å². The second-order valence-electron chi connectivity index (χ2n) is 11.7. The third kappa shape index (κ3) is 8.84. The molecule has 4 N–H and O–H groups in total. The molecule has 9 heteroatoms. The lowest BCUT2D eigenvalue weighted by atomic mass is 9.96. The van der Waals surface area contributed by atoms with Gasteiger partial charge in [-0.1, -0.05) is 18.2 Å². The lowest BCUT2D eigenvalue weighted by Crippen LogP contribution is -2.55. The van der Waals surface area contributed by atoms with Crippen LogP contribution in [-0.2, 0) is 19.1 Å². The van der Waals surface area contributed by atoms with Gasteiger partial charge >= 0.3 is 6.09 Å². The first-order valence-electron chi connectivity index (χ1n) is 12.5. The van der Waals surface area contributed by atoms with Gasteiger partial charge in [0, 0.05) is 18.0 Å². The Hall–Kier alpha value is -3.10. The van der Waals surface area contributed by atoms with Gasteiger partial charge in [0.15, 0.2) is 0 Å². The molecule has 0 heterocycles. The predicted octanol–water partition coefficient (Wildman–Crippen LogP) is 3.41. The van der Waals surface area contributed by atoms with Gasteiger partial charge in [0.25, 0.3) is 0 Å². The molecule has 1 aromatic rings. The molecule has 0 bridgehead atoms. The fourth-order valence-corrected chi connectivity index (χ4v) is 3.86. The second-order valence-corrected chi connectivity index (χ2v) is 11.7. The van der Waals surface area contributed by atoms with Crippen LogP contribution in [0.15, 0.2) is 18.2 Å². The highest BCUT2D eigenvalue weighted by Crippen LogP contribution is 2.36. The first kappa shape index (κ1) is 29.1. The van der Waals surface area contributed by atoms with Crippen LogP contribution in [0.1, 0.15) is 90.0 Å². The van der Waals surface area contributed by atoms with Gasteiger partial charge in [0.1, 0.15) is 17.7 Å². The van der Waals surface area contributed by atoms with Crippen molar-refractivity contribution in [3.8, 4) is 0 Å². The number of aryl methyl sites for hydroxylation is 2. The first-order valence-corrected chi connectivity index (χ1v) is 12.5. The molecule has 2 atom stereocenters. The smallest absolute Gasteiger partial charge is 0.408 e. The van der Waals surface area contributed by atoms with Gasteiger partial charge in [-0.05, 0) is 91.3 Å². The SMILES string of the molecule is Cc1ccc(C(C(=O)NC(C)(C)C)N(C(=O)C(CCC(N)=O)NC(=O)OC(C)(C)C)C2CC2)cc1C. The number of benzene rings is 1. The Kier molecular flexibility index (Phi) is 9.15. The molecule has 4 amide bonds. The maximum Gasteiger partial charge on any atom is 0.408 e. The molecule has 1 aliphatic rings. The lowest BCUT2D eigenvalue weighted by molar-refractivity contribution is -0.144. The molecule has 0 radical (unpaired) electrons. The number of alkyl carbamates (subject to hydrolysis) is 1. The minimum atomic E-state index is -1.08. The van der Waals surface area contributed by atoms with Crippen LogP contribution in [0.5, 0.6) is 0 Å². The van der Waals surface area contributed by atoms with Crippen LogP contribution in [-0.4, -0.2) is 51.9 Å². The van der Waals surface area contributed by atoms with Crippen molar-refractivity contribution < 1.29 is 23.9 Å². The number of nitrogens with one attached hydrogen (secondary N) is 2. The molecule has 0 aromatic heterocycles. The van der Waals surface area contributed by atoms with E-state index in [9.17, 15) is 19.2 Å². The Labute approximate surface area is 214 Å². The van der Waals surface area contributed by atoms with Gasteiger partial charge in [0.2, 0.25) is 17.7 Å². The third-order valence-corrected chi connectivity index (χ3v) is 5.73. The van der Waals surface area contributed by atoms with Crippen molar-refractivity contribution >= 4 is 23.8 Å². The molecule has 2 rings (SSSR count). The number of nitrogens with two attached hydrogens (primary N) is 1. The molecule has 0 saturated heterocycles. The summed E-state index contributed by atoms with van der Waals surface area (Å²) in [4.78, 5) is 53.3. The quantitative estimate of drug-likeness (QED) is 0.476. The standard InChI is InChI=1S/C27H42N4O5/c1-16-9-10-18(15-17(16)2)22(23(33)30-26(3,4)5)31(19-11-12-19)24(34)20(13-14-21(28)32)29-25(35)36-27(6,7)8/h9-10,15,19-20,22H,11-14H2,1-8H3,(H2,28,32)(H,29,35)(H,30,33). The molecule has 1 saturated carbocycles. The minimum absolute atomic E-state index is 0.00281. The minimum Gasteiger partial charge on any atom is -0.444 e. The molecular weight excluding hydrogens is 460 g/mol.